The molecular formula is C13H26N2O4. The van der Waals surface area contributed by atoms with Gasteiger partial charge >= 0.3 is 6.09 Å². The Morgan fingerprint density at radius 1 is 1.11 bits per heavy atom. The first-order chi connectivity index (χ1) is 9.27. The lowest BCUT2D eigenvalue weighted by Gasteiger charge is -2.06. The zero-order valence-corrected chi connectivity index (χ0v) is 11.5. The smallest absolute Gasteiger partial charge is 0.404 e. The minimum Gasteiger partial charge on any atom is -0.465 e. The Kier molecular flexibility index (Phi) is 14.1. The molecule has 112 valence electrons. The molecule has 0 atom stereocenters. The molecule has 19 heavy (non-hydrogen) atoms. The van der Waals surface area contributed by atoms with E-state index in [2.05, 4.69) is 17.2 Å². The van der Waals surface area contributed by atoms with Crippen molar-refractivity contribution in [1.29, 1.82) is 0 Å². The third-order valence-corrected chi connectivity index (χ3v) is 2.37. The van der Waals surface area contributed by atoms with E-state index in [9.17, 15) is 4.79 Å². The molecule has 0 aliphatic heterocycles. The number of amides is 1. The number of nitrogens with one attached hydrogen (secondary N) is 2. The quantitative estimate of drug-likeness (QED) is 0.254. The van der Waals surface area contributed by atoms with Gasteiger partial charge in [-0.1, -0.05) is 18.9 Å². The average Bonchev–Trinajstić information content (AvgIpc) is 2.39. The van der Waals surface area contributed by atoms with Gasteiger partial charge in [-0.2, -0.15) is 0 Å². The van der Waals surface area contributed by atoms with Crippen LogP contribution >= 0.6 is 0 Å². The molecule has 0 aromatic heterocycles. The molecule has 3 N–H and O–H groups in total. The van der Waals surface area contributed by atoms with Gasteiger partial charge in [0.1, 0.15) is 0 Å². The van der Waals surface area contributed by atoms with Crippen molar-refractivity contribution in [1.82, 2.24) is 10.6 Å². The van der Waals surface area contributed by atoms with E-state index in [1.165, 1.54) is 0 Å². The highest BCUT2D eigenvalue weighted by molar-refractivity contribution is 5.64. The Balaban J connectivity index is 2.95. The summed E-state index contributed by atoms with van der Waals surface area (Å²) < 4.78 is 10.5. The minimum absolute atomic E-state index is 0.538. The molecule has 0 rings (SSSR count). The van der Waals surface area contributed by atoms with Crippen molar-refractivity contribution < 1.29 is 19.4 Å². The third kappa shape index (κ3) is 16.9. The molecule has 0 aromatic rings. The lowest BCUT2D eigenvalue weighted by atomic mass is 10.2. The van der Waals surface area contributed by atoms with E-state index in [1.54, 1.807) is 6.08 Å². The van der Waals surface area contributed by atoms with Gasteiger partial charge in [0, 0.05) is 6.54 Å². The SMILES string of the molecule is C=CCOCCOCNCCCCCCNC(=O)O. The van der Waals surface area contributed by atoms with Gasteiger partial charge in [0.25, 0.3) is 0 Å². The van der Waals surface area contributed by atoms with E-state index in [1.807, 2.05) is 0 Å². The van der Waals surface area contributed by atoms with Crippen LogP contribution in [0.25, 0.3) is 0 Å². The number of rotatable bonds is 14. The van der Waals surface area contributed by atoms with Crippen LogP contribution in [0.4, 0.5) is 4.79 Å². The fraction of sp³-hybridized carbons (Fsp3) is 0.769. The summed E-state index contributed by atoms with van der Waals surface area (Å²) >= 11 is 0. The third-order valence-electron chi connectivity index (χ3n) is 2.37. The predicted octanol–water partition coefficient (Wildman–Crippen LogP) is 1.58. The van der Waals surface area contributed by atoms with Crippen molar-refractivity contribution in [3.8, 4) is 0 Å². The van der Waals surface area contributed by atoms with Crippen LogP contribution in [0, 0.1) is 0 Å². The number of hydrogen-bond donors (Lipinski definition) is 3. The Morgan fingerprint density at radius 2 is 1.79 bits per heavy atom. The van der Waals surface area contributed by atoms with Crippen molar-refractivity contribution >= 4 is 6.09 Å². The highest BCUT2D eigenvalue weighted by Gasteiger charge is 1.94. The Bertz CT molecular complexity index is 225. The molecule has 0 bridgehead atoms. The van der Waals surface area contributed by atoms with Crippen molar-refractivity contribution in [2.75, 3.05) is 39.6 Å². The Labute approximate surface area is 115 Å². The minimum atomic E-state index is -0.948. The molecule has 0 aliphatic carbocycles. The van der Waals surface area contributed by atoms with Crippen LogP contribution in [0.1, 0.15) is 25.7 Å². The van der Waals surface area contributed by atoms with E-state index in [0.29, 0.717) is 33.1 Å². The normalized spacial score (nSPS) is 10.3. The maximum atomic E-state index is 10.2. The van der Waals surface area contributed by atoms with Crippen LogP contribution < -0.4 is 10.6 Å². The number of ether oxygens (including phenoxy) is 2. The molecule has 0 saturated heterocycles. The summed E-state index contributed by atoms with van der Waals surface area (Å²) in [7, 11) is 0. The van der Waals surface area contributed by atoms with Crippen LogP contribution in [0.3, 0.4) is 0 Å². The molecule has 0 radical (unpaired) electrons. The standard InChI is InChI=1S/C13H26N2O4/c1-2-9-18-10-11-19-12-14-7-5-3-4-6-8-15-13(16)17/h2,14-15H,1,3-12H2,(H,16,17). The zero-order valence-electron chi connectivity index (χ0n) is 11.5. The second-order valence-electron chi connectivity index (χ2n) is 4.06. The van der Waals surface area contributed by atoms with Crippen LogP contribution in [0.15, 0.2) is 12.7 Å². The summed E-state index contributed by atoms with van der Waals surface area (Å²) in [6.45, 7) is 7.28. The summed E-state index contributed by atoms with van der Waals surface area (Å²) in [6, 6.07) is 0. The molecule has 0 heterocycles. The summed E-state index contributed by atoms with van der Waals surface area (Å²) in [5, 5.41) is 13.9. The molecule has 0 unspecified atom stereocenters. The summed E-state index contributed by atoms with van der Waals surface area (Å²) in [4.78, 5) is 10.2. The van der Waals surface area contributed by atoms with Gasteiger partial charge in [0.05, 0.1) is 26.6 Å². The lowest BCUT2D eigenvalue weighted by Crippen LogP contribution is -2.22. The van der Waals surface area contributed by atoms with E-state index in [4.69, 9.17) is 14.6 Å². The predicted molar refractivity (Wildman–Crippen MR) is 74.3 cm³/mol. The molecule has 0 saturated carbocycles. The van der Waals surface area contributed by atoms with Gasteiger partial charge in [-0.3, -0.25) is 5.32 Å². The molecular weight excluding hydrogens is 248 g/mol. The van der Waals surface area contributed by atoms with Crippen LogP contribution in [0.2, 0.25) is 0 Å². The van der Waals surface area contributed by atoms with E-state index >= 15 is 0 Å². The van der Waals surface area contributed by atoms with Crippen molar-refractivity contribution in [3.63, 3.8) is 0 Å². The first-order valence-corrected chi connectivity index (χ1v) is 6.71. The zero-order chi connectivity index (χ0) is 14.2. The molecule has 6 nitrogen and oxygen atoms in total. The number of unbranched alkanes of at least 4 members (excludes halogenated alkanes) is 3. The molecule has 6 heteroatoms. The van der Waals surface area contributed by atoms with Gasteiger partial charge in [0.15, 0.2) is 0 Å². The Hall–Kier alpha value is -1.11. The monoisotopic (exact) mass is 274 g/mol. The maximum Gasteiger partial charge on any atom is 0.404 e. The molecule has 0 aliphatic rings. The van der Waals surface area contributed by atoms with Crippen molar-refractivity contribution in [3.05, 3.63) is 12.7 Å². The molecule has 0 aromatic carbocycles. The van der Waals surface area contributed by atoms with Gasteiger partial charge in [-0.15, -0.1) is 6.58 Å². The van der Waals surface area contributed by atoms with E-state index in [-0.39, 0.29) is 0 Å². The van der Waals surface area contributed by atoms with Crippen LogP contribution in [-0.2, 0) is 9.47 Å². The second kappa shape index (κ2) is 14.9. The molecule has 0 fully saturated rings. The van der Waals surface area contributed by atoms with E-state index < -0.39 is 6.09 Å². The summed E-state index contributed by atoms with van der Waals surface area (Å²) in [5.74, 6) is 0. The lowest BCUT2D eigenvalue weighted by molar-refractivity contribution is 0.0501. The van der Waals surface area contributed by atoms with Gasteiger partial charge in [-0.05, 0) is 19.4 Å². The number of carboxylic acid groups (broad SMARTS) is 1. The largest absolute Gasteiger partial charge is 0.465 e. The Morgan fingerprint density at radius 3 is 2.47 bits per heavy atom. The highest BCUT2D eigenvalue weighted by atomic mass is 16.5. The first-order valence-electron chi connectivity index (χ1n) is 6.71. The molecule has 0 spiro atoms. The van der Waals surface area contributed by atoms with Gasteiger partial charge in [-0.25, -0.2) is 4.79 Å². The maximum absolute atomic E-state index is 10.2. The van der Waals surface area contributed by atoms with Gasteiger partial charge in [0.2, 0.25) is 0 Å². The van der Waals surface area contributed by atoms with E-state index in [0.717, 1.165) is 32.2 Å². The fourth-order valence-corrected chi connectivity index (χ4v) is 1.42. The van der Waals surface area contributed by atoms with Gasteiger partial charge < -0.3 is 19.9 Å². The molecule has 1 amide bonds. The topological polar surface area (TPSA) is 79.8 Å². The second-order valence-corrected chi connectivity index (χ2v) is 4.06. The highest BCUT2D eigenvalue weighted by Crippen LogP contribution is 1.97. The number of hydrogen-bond acceptors (Lipinski definition) is 4. The first kappa shape index (κ1) is 17.9. The average molecular weight is 274 g/mol. The van der Waals surface area contributed by atoms with Crippen LogP contribution in [0.5, 0.6) is 0 Å². The summed E-state index contributed by atoms with van der Waals surface area (Å²) in [5.41, 5.74) is 0. The van der Waals surface area contributed by atoms with Crippen molar-refractivity contribution in [2.24, 2.45) is 0 Å². The summed E-state index contributed by atoms with van der Waals surface area (Å²) in [6.07, 6.45) is 4.86. The number of carbonyl (C=O) groups is 1. The van der Waals surface area contributed by atoms with Crippen LogP contribution in [-0.4, -0.2) is 50.8 Å². The van der Waals surface area contributed by atoms with Crippen molar-refractivity contribution in [2.45, 2.75) is 25.7 Å². The fourth-order valence-electron chi connectivity index (χ4n) is 1.42.